The van der Waals surface area contributed by atoms with Gasteiger partial charge in [0, 0.05) is 12.5 Å². The van der Waals surface area contributed by atoms with E-state index >= 15 is 0 Å². The van der Waals surface area contributed by atoms with E-state index in [1.54, 1.807) is 12.1 Å². The van der Waals surface area contributed by atoms with Crippen molar-refractivity contribution in [2.24, 2.45) is 0 Å². The summed E-state index contributed by atoms with van der Waals surface area (Å²) < 4.78 is 15.0. The number of carboxylic acid groups (broad SMARTS) is 1. The van der Waals surface area contributed by atoms with E-state index in [0.29, 0.717) is 30.9 Å². The number of hydrogen-bond acceptors (Lipinski definition) is 4. The van der Waals surface area contributed by atoms with Gasteiger partial charge in [-0.1, -0.05) is 19.9 Å². The van der Waals surface area contributed by atoms with Crippen LogP contribution in [-0.2, 0) is 4.79 Å². The summed E-state index contributed by atoms with van der Waals surface area (Å²) in [6.07, 6.45) is 1.05. The van der Waals surface area contributed by atoms with Gasteiger partial charge in [-0.15, -0.1) is 5.10 Å². The van der Waals surface area contributed by atoms with E-state index in [0.717, 1.165) is 0 Å². The zero-order valence-electron chi connectivity index (χ0n) is 14.0. The molecule has 1 aliphatic heterocycles. The first-order valence-corrected chi connectivity index (χ1v) is 8.15. The van der Waals surface area contributed by atoms with Gasteiger partial charge in [0.15, 0.2) is 0 Å². The Morgan fingerprint density at radius 3 is 2.76 bits per heavy atom. The maximum absolute atomic E-state index is 13.5. The molecule has 1 saturated heterocycles. The Bertz CT molecular complexity index is 818. The summed E-state index contributed by atoms with van der Waals surface area (Å²) in [5.74, 6) is -1.56. The van der Waals surface area contributed by atoms with Crippen LogP contribution < -0.4 is 0 Å². The van der Waals surface area contributed by atoms with Crippen LogP contribution in [0.3, 0.4) is 0 Å². The molecule has 7 nitrogen and oxygen atoms in total. The summed E-state index contributed by atoms with van der Waals surface area (Å²) in [6, 6.07) is 5.01. The average Bonchev–Trinajstić information content (AvgIpc) is 3.21. The van der Waals surface area contributed by atoms with Crippen LogP contribution in [0.2, 0.25) is 0 Å². The van der Waals surface area contributed by atoms with Crippen molar-refractivity contribution in [2.75, 3.05) is 6.54 Å². The number of aromatic nitrogens is 3. The first-order chi connectivity index (χ1) is 11.9. The number of carboxylic acids is 1. The van der Waals surface area contributed by atoms with Crippen LogP contribution in [0.1, 0.15) is 49.1 Å². The SMILES string of the molecule is CC(C)c1nc(C(=O)N2CCC[C@@H]2C(=O)O)nn1-c1cccc(F)c1. The molecule has 1 aliphatic rings. The van der Waals surface area contributed by atoms with Gasteiger partial charge in [0.2, 0.25) is 5.82 Å². The smallest absolute Gasteiger partial charge is 0.326 e. The number of hydrogen-bond donors (Lipinski definition) is 1. The molecule has 0 aliphatic carbocycles. The van der Waals surface area contributed by atoms with Crippen molar-refractivity contribution in [3.63, 3.8) is 0 Å². The predicted octanol–water partition coefficient (Wildman–Crippen LogP) is 2.22. The summed E-state index contributed by atoms with van der Waals surface area (Å²) in [4.78, 5) is 29.6. The molecule has 132 valence electrons. The number of aliphatic carboxylic acids is 1. The van der Waals surface area contributed by atoms with E-state index in [1.165, 1.54) is 21.7 Å². The first-order valence-electron chi connectivity index (χ1n) is 8.15. The molecule has 1 fully saturated rings. The van der Waals surface area contributed by atoms with Gasteiger partial charge in [0.1, 0.15) is 17.7 Å². The molecule has 0 bridgehead atoms. The lowest BCUT2D eigenvalue weighted by atomic mass is 10.2. The second-order valence-corrected chi connectivity index (χ2v) is 6.33. The summed E-state index contributed by atoms with van der Waals surface area (Å²) in [6.45, 7) is 4.15. The van der Waals surface area contributed by atoms with E-state index in [9.17, 15) is 19.1 Å². The number of amides is 1. The molecule has 25 heavy (non-hydrogen) atoms. The monoisotopic (exact) mass is 346 g/mol. The lowest BCUT2D eigenvalue weighted by Gasteiger charge is -2.19. The lowest BCUT2D eigenvalue weighted by molar-refractivity contribution is -0.141. The second-order valence-electron chi connectivity index (χ2n) is 6.33. The fourth-order valence-corrected chi connectivity index (χ4v) is 2.98. The highest BCUT2D eigenvalue weighted by molar-refractivity contribution is 5.94. The van der Waals surface area contributed by atoms with Gasteiger partial charge in [0.25, 0.3) is 5.91 Å². The highest BCUT2D eigenvalue weighted by Gasteiger charge is 2.36. The van der Waals surface area contributed by atoms with Crippen molar-refractivity contribution in [1.82, 2.24) is 19.7 Å². The number of carbonyl (C=O) groups is 2. The van der Waals surface area contributed by atoms with Crippen molar-refractivity contribution in [1.29, 1.82) is 0 Å². The Morgan fingerprint density at radius 2 is 2.12 bits per heavy atom. The van der Waals surface area contributed by atoms with E-state index in [2.05, 4.69) is 10.1 Å². The second kappa shape index (κ2) is 6.62. The fourth-order valence-electron chi connectivity index (χ4n) is 2.98. The molecule has 1 aromatic carbocycles. The van der Waals surface area contributed by atoms with Crippen LogP contribution in [0, 0.1) is 5.82 Å². The summed E-state index contributed by atoms with van der Waals surface area (Å²) in [5.41, 5.74) is 0.464. The van der Waals surface area contributed by atoms with E-state index < -0.39 is 23.7 Å². The number of nitrogens with zero attached hydrogens (tertiary/aromatic N) is 4. The van der Waals surface area contributed by atoms with E-state index in [4.69, 9.17) is 0 Å². The van der Waals surface area contributed by atoms with Gasteiger partial charge in [-0.05, 0) is 31.0 Å². The van der Waals surface area contributed by atoms with Crippen LogP contribution in [0.5, 0.6) is 0 Å². The molecular weight excluding hydrogens is 327 g/mol. The van der Waals surface area contributed by atoms with Crippen LogP contribution in [0.25, 0.3) is 5.69 Å². The van der Waals surface area contributed by atoms with Crippen molar-refractivity contribution in [3.05, 3.63) is 41.7 Å². The molecule has 2 heterocycles. The minimum Gasteiger partial charge on any atom is -0.480 e. The molecule has 8 heteroatoms. The number of carbonyl (C=O) groups excluding carboxylic acids is 1. The van der Waals surface area contributed by atoms with Gasteiger partial charge in [-0.25, -0.2) is 18.9 Å². The van der Waals surface area contributed by atoms with Crippen molar-refractivity contribution >= 4 is 11.9 Å². The molecule has 1 atom stereocenters. The first kappa shape index (κ1) is 17.1. The third-order valence-corrected chi connectivity index (χ3v) is 4.19. The average molecular weight is 346 g/mol. The molecule has 0 unspecified atom stereocenters. The van der Waals surface area contributed by atoms with Crippen LogP contribution in [0.15, 0.2) is 24.3 Å². The Labute approximate surface area is 144 Å². The summed E-state index contributed by atoms with van der Waals surface area (Å²) >= 11 is 0. The normalized spacial score (nSPS) is 17.3. The van der Waals surface area contributed by atoms with Gasteiger partial charge < -0.3 is 10.0 Å². The van der Waals surface area contributed by atoms with Crippen molar-refractivity contribution in [3.8, 4) is 5.69 Å². The minimum atomic E-state index is -1.03. The van der Waals surface area contributed by atoms with Crippen LogP contribution in [-0.4, -0.2) is 49.2 Å². The molecule has 1 amide bonds. The van der Waals surface area contributed by atoms with E-state index in [-0.39, 0.29) is 11.7 Å². The van der Waals surface area contributed by atoms with E-state index in [1.807, 2.05) is 13.8 Å². The molecule has 1 aromatic heterocycles. The maximum atomic E-state index is 13.5. The maximum Gasteiger partial charge on any atom is 0.326 e. The quantitative estimate of drug-likeness (QED) is 0.917. The van der Waals surface area contributed by atoms with Gasteiger partial charge in [0.05, 0.1) is 5.69 Å². The molecule has 0 spiro atoms. The minimum absolute atomic E-state index is 0.0498. The third kappa shape index (κ3) is 3.24. The number of likely N-dealkylation sites (tertiary alicyclic amines) is 1. The van der Waals surface area contributed by atoms with Crippen LogP contribution in [0.4, 0.5) is 4.39 Å². The molecule has 0 radical (unpaired) electrons. The van der Waals surface area contributed by atoms with Gasteiger partial charge >= 0.3 is 5.97 Å². The standard InChI is InChI=1S/C17H19FN4O3/c1-10(2)15-19-14(16(23)21-8-4-7-13(21)17(24)25)20-22(15)12-6-3-5-11(18)9-12/h3,5-6,9-10,13H,4,7-8H2,1-2H3,(H,24,25)/t13-/m1/s1. The highest BCUT2D eigenvalue weighted by atomic mass is 19.1. The molecular formula is C17H19FN4O3. The Kier molecular flexibility index (Phi) is 4.52. The lowest BCUT2D eigenvalue weighted by Crippen LogP contribution is -2.40. The fraction of sp³-hybridized carbons (Fsp3) is 0.412. The number of benzene rings is 1. The Morgan fingerprint density at radius 1 is 1.36 bits per heavy atom. The zero-order chi connectivity index (χ0) is 18.1. The predicted molar refractivity (Wildman–Crippen MR) is 87.1 cm³/mol. The Balaban J connectivity index is 1.99. The molecule has 2 aromatic rings. The van der Waals surface area contributed by atoms with Crippen LogP contribution >= 0.6 is 0 Å². The molecule has 1 N–H and O–H groups in total. The number of rotatable bonds is 4. The summed E-state index contributed by atoms with van der Waals surface area (Å²) in [5, 5.41) is 13.5. The number of halogens is 1. The molecule has 0 saturated carbocycles. The Hall–Kier alpha value is -2.77. The topological polar surface area (TPSA) is 88.3 Å². The zero-order valence-corrected chi connectivity index (χ0v) is 14.0. The molecule has 3 rings (SSSR count). The largest absolute Gasteiger partial charge is 0.480 e. The van der Waals surface area contributed by atoms with Gasteiger partial charge in [-0.2, -0.15) is 0 Å². The van der Waals surface area contributed by atoms with Crippen molar-refractivity contribution < 1.29 is 19.1 Å². The highest BCUT2D eigenvalue weighted by Crippen LogP contribution is 2.22. The van der Waals surface area contributed by atoms with Crippen molar-refractivity contribution in [2.45, 2.75) is 38.6 Å². The summed E-state index contributed by atoms with van der Waals surface area (Å²) in [7, 11) is 0. The third-order valence-electron chi connectivity index (χ3n) is 4.19. The van der Waals surface area contributed by atoms with Gasteiger partial charge in [-0.3, -0.25) is 4.79 Å².